The van der Waals surface area contributed by atoms with Crippen molar-refractivity contribution in [1.29, 1.82) is 0 Å². The summed E-state index contributed by atoms with van der Waals surface area (Å²) in [6.45, 7) is 2.14. The van der Waals surface area contributed by atoms with Crippen LogP contribution >= 0.6 is 23.1 Å². The molecule has 0 saturated heterocycles. The highest BCUT2D eigenvalue weighted by Crippen LogP contribution is 2.18. The van der Waals surface area contributed by atoms with Gasteiger partial charge in [-0.15, -0.1) is 10.2 Å². The second kappa shape index (κ2) is 11.5. The van der Waals surface area contributed by atoms with Crippen LogP contribution in [0.25, 0.3) is 0 Å². The van der Waals surface area contributed by atoms with Crippen LogP contribution in [0.2, 0.25) is 0 Å². The van der Waals surface area contributed by atoms with Crippen LogP contribution in [0.1, 0.15) is 37.6 Å². The van der Waals surface area contributed by atoms with Gasteiger partial charge in [0.15, 0.2) is 0 Å². The fraction of sp³-hybridized carbons (Fsp3) is 0.500. The number of hydrogen-bond donors (Lipinski definition) is 2. The van der Waals surface area contributed by atoms with E-state index in [2.05, 4.69) is 27.2 Å². The van der Waals surface area contributed by atoms with Crippen LogP contribution in [0.3, 0.4) is 0 Å². The molecule has 28 heavy (non-hydrogen) atoms. The Labute approximate surface area is 174 Å². The van der Waals surface area contributed by atoms with Crippen molar-refractivity contribution in [3.8, 4) is 0 Å². The van der Waals surface area contributed by atoms with Crippen LogP contribution in [0.5, 0.6) is 0 Å². The second-order valence-electron chi connectivity index (χ2n) is 6.22. The molecule has 1 amide bonds. The Balaban J connectivity index is 2.04. The molecule has 2 aromatic rings. The molecule has 0 bridgehead atoms. The normalized spacial score (nSPS) is 12.6. The monoisotopic (exact) mass is 442 g/mol. The lowest BCUT2D eigenvalue weighted by molar-refractivity contribution is -0.117. The van der Waals surface area contributed by atoms with Gasteiger partial charge in [-0.25, -0.2) is 8.42 Å². The fourth-order valence-corrected chi connectivity index (χ4v) is 4.96. The minimum Gasteiger partial charge on any atom is -0.299 e. The molecule has 7 nitrogen and oxygen atoms in total. The highest BCUT2D eigenvalue weighted by atomic mass is 32.2. The summed E-state index contributed by atoms with van der Waals surface area (Å²) in [5.74, 6) is 0.221. The summed E-state index contributed by atoms with van der Waals surface area (Å²) in [6, 6.07) is 7.15. The van der Waals surface area contributed by atoms with E-state index in [9.17, 15) is 13.2 Å². The number of rotatable bonds is 12. The minimum absolute atomic E-state index is 0.131. The number of sulfonamides is 1. The predicted octanol–water partition coefficient (Wildman–Crippen LogP) is 3.31. The number of benzene rings is 1. The van der Waals surface area contributed by atoms with E-state index in [1.807, 2.05) is 6.26 Å². The smallest absolute Gasteiger partial charge is 0.244 e. The largest absolute Gasteiger partial charge is 0.299 e. The van der Waals surface area contributed by atoms with Crippen molar-refractivity contribution in [1.82, 2.24) is 14.9 Å². The summed E-state index contributed by atoms with van der Waals surface area (Å²) in [7, 11) is -3.79. The molecule has 0 aliphatic rings. The number of nitrogens with zero attached hydrogens (tertiary/aromatic N) is 2. The zero-order valence-electron chi connectivity index (χ0n) is 16.1. The van der Waals surface area contributed by atoms with Crippen LogP contribution in [0.15, 0.2) is 35.2 Å². The Bertz CT molecular complexity index is 841. The van der Waals surface area contributed by atoms with Gasteiger partial charge in [-0.1, -0.05) is 49.3 Å². The van der Waals surface area contributed by atoms with E-state index >= 15 is 0 Å². The van der Waals surface area contributed by atoms with Crippen molar-refractivity contribution >= 4 is 44.2 Å². The molecule has 0 aliphatic heterocycles. The van der Waals surface area contributed by atoms with E-state index in [4.69, 9.17) is 0 Å². The predicted molar refractivity (Wildman–Crippen MR) is 115 cm³/mol. The van der Waals surface area contributed by atoms with Gasteiger partial charge in [0.25, 0.3) is 0 Å². The number of nitrogens with one attached hydrogen (secondary N) is 2. The zero-order valence-corrected chi connectivity index (χ0v) is 18.5. The molecular formula is C18H26N4O3S3. The van der Waals surface area contributed by atoms with Crippen molar-refractivity contribution in [2.45, 2.75) is 50.0 Å². The maximum Gasteiger partial charge on any atom is 0.244 e. The molecule has 10 heteroatoms. The summed E-state index contributed by atoms with van der Waals surface area (Å²) < 4.78 is 27.7. The number of unbranched alkanes of at least 4 members (excludes halogenated alkanes) is 2. The molecule has 154 valence electrons. The molecule has 1 atom stereocenters. The lowest BCUT2D eigenvalue weighted by Gasteiger charge is -2.17. The van der Waals surface area contributed by atoms with E-state index < -0.39 is 22.0 Å². The summed E-state index contributed by atoms with van der Waals surface area (Å²) in [5.41, 5.74) is 0. The molecule has 2 N–H and O–H groups in total. The van der Waals surface area contributed by atoms with Crippen molar-refractivity contribution in [3.05, 3.63) is 35.3 Å². The molecule has 1 aromatic carbocycles. The molecule has 1 unspecified atom stereocenters. The van der Waals surface area contributed by atoms with Gasteiger partial charge >= 0.3 is 0 Å². The average Bonchev–Trinajstić information content (AvgIpc) is 3.13. The molecule has 0 fully saturated rings. The zero-order chi connectivity index (χ0) is 20.4. The first kappa shape index (κ1) is 22.8. The van der Waals surface area contributed by atoms with Gasteiger partial charge in [0, 0.05) is 6.42 Å². The summed E-state index contributed by atoms with van der Waals surface area (Å²) in [4.78, 5) is 12.8. The lowest BCUT2D eigenvalue weighted by Crippen LogP contribution is -2.44. The number of hydrogen-bond acceptors (Lipinski definition) is 7. The number of amides is 1. The van der Waals surface area contributed by atoms with E-state index in [-0.39, 0.29) is 4.90 Å². The average molecular weight is 443 g/mol. The third-order valence-electron chi connectivity index (χ3n) is 3.97. The maximum absolute atomic E-state index is 12.7. The van der Waals surface area contributed by atoms with Crippen LogP contribution in [-0.2, 0) is 21.2 Å². The van der Waals surface area contributed by atoms with Crippen molar-refractivity contribution in [3.63, 3.8) is 0 Å². The van der Waals surface area contributed by atoms with Gasteiger partial charge in [0.2, 0.25) is 21.1 Å². The highest BCUT2D eigenvalue weighted by molar-refractivity contribution is 7.98. The molecule has 0 spiro atoms. The standard InChI is InChI=1S/C18H26N4O3S3/c1-3-4-6-11-16-20-21-18(27-16)19-17(23)15(12-13-26-2)22-28(24,25)14-9-7-5-8-10-14/h5,7-10,15,22H,3-4,6,11-13H2,1-2H3,(H,19,21,23). The number of anilines is 1. The number of thioether (sulfide) groups is 1. The van der Waals surface area contributed by atoms with E-state index in [0.717, 1.165) is 30.7 Å². The van der Waals surface area contributed by atoms with Gasteiger partial charge in [-0.3, -0.25) is 10.1 Å². The summed E-state index contributed by atoms with van der Waals surface area (Å²) in [6.07, 6.45) is 6.40. The van der Waals surface area contributed by atoms with Crippen LogP contribution in [0, 0.1) is 0 Å². The Morgan fingerprint density at radius 1 is 1.21 bits per heavy atom. The number of carbonyl (C=O) groups excluding carboxylic acids is 1. The van der Waals surface area contributed by atoms with Gasteiger partial charge in [0.05, 0.1) is 4.90 Å². The summed E-state index contributed by atoms with van der Waals surface area (Å²) >= 11 is 2.88. The Morgan fingerprint density at radius 2 is 1.96 bits per heavy atom. The highest BCUT2D eigenvalue weighted by Gasteiger charge is 2.26. The van der Waals surface area contributed by atoms with Gasteiger partial charge in [-0.05, 0) is 37.0 Å². The third-order valence-corrected chi connectivity index (χ3v) is 7.00. The van der Waals surface area contributed by atoms with Crippen LogP contribution in [-0.4, -0.2) is 42.6 Å². The second-order valence-corrected chi connectivity index (χ2v) is 9.98. The Hall–Kier alpha value is -1.49. The SMILES string of the molecule is CCCCCc1nnc(NC(=O)C(CCSC)NS(=O)(=O)c2ccccc2)s1. The molecule has 1 heterocycles. The molecule has 0 aliphatic carbocycles. The quantitative estimate of drug-likeness (QED) is 0.489. The number of aryl methyl sites for hydroxylation is 1. The first-order valence-corrected chi connectivity index (χ1v) is 12.8. The molecule has 1 aromatic heterocycles. The van der Waals surface area contributed by atoms with E-state index in [1.54, 1.807) is 30.0 Å². The summed E-state index contributed by atoms with van der Waals surface area (Å²) in [5, 5.41) is 12.1. The first-order valence-electron chi connectivity index (χ1n) is 9.16. The molecule has 0 radical (unpaired) electrons. The maximum atomic E-state index is 12.7. The minimum atomic E-state index is -3.79. The lowest BCUT2D eigenvalue weighted by atomic mass is 10.2. The number of carbonyl (C=O) groups is 1. The van der Waals surface area contributed by atoms with E-state index in [1.165, 1.54) is 23.5 Å². The van der Waals surface area contributed by atoms with E-state index in [0.29, 0.717) is 17.3 Å². The van der Waals surface area contributed by atoms with Gasteiger partial charge < -0.3 is 0 Å². The molecule has 0 saturated carbocycles. The number of aromatic nitrogens is 2. The molecular weight excluding hydrogens is 416 g/mol. The van der Waals surface area contributed by atoms with Crippen molar-refractivity contribution < 1.29 is 13.2 Å². The van der Waals surface area contributed by atoms with Crippen LogP contribution in [0.4, 0.5) is 5.13 Å². The Morgan fingerprint density at radius 3 is 2.64 bits per heavy atom. The first-order chi connectivity index (χ1) is 13.5. The Kier molecular flexibility index (Phi) is 9.36. The fourth-order valence-electron chi connectivity index (χ4n) is 2.46. The van der Waals surface area contributed by atoms with Gasteiger partial charge in [0.1, 0.15) is 11.0 Å². The molecule has 2 rings (SSSR count). The van der Waals surface area contributed by atoms with Crippen molar-refractivity contribution in [2.24, 2.45) is 0 Å². The topological polar surface area (TPSA) is 101 Å². The van der Waals surface area contributed by atoms with Gasteiger partial charge in [-0.2, -0.15) is 16.5 Å². The third kappa shape index (κ3) is 7.16. The van der Waals surface area contributed by atoms with Crippen LogP contribution < -0.4 is 10.0 Å². The van der Waals surface area contributed by atoms with Crippen molar-refractivity contribution in [2.75, 3.05) is 17.3 Å².